The number of hydrogen-bond acceptors (Lipinski definition) is 6. The van der Waals surface area contributed by atoms with Gasteiger partial charge in [0.25, 0.3) is 5.91 Å². The third kappa shape index (κ3) is 3.89. The molecule has 0 aliphatic heterocycles. The Morgan fingerprint density at radius 2 is 1.96 bits per heavy atom. The Morgan fingerprint density at radius 3 is 2.68 bits per heavy atom. The first kappa shape index (κ1) is 17.2. The van der Waals surface area contributed by atoms with Crippen LogP contribution in [0.2, 0.25) is 5.02 Å². The van der Waals surface area contributed by atoms with Crippen molar-refractivity contribution in [3.63, 3.8) is 0 Å². The second-order valence-corrected chi connectivity index (χ2v) is 6.25. The van der Waals surface area contributed by atoms with E-state index in [1.165, 1.54) is 23.7 Å². The average molecular weight is 376 g/mol. The van der Waals surface area contributed by atoms with E-state index in [-0.39, 0.29) is 5.91 Å². The lowest BCUT2D eigenvalue weighted by molar-refractivity contribution is 0.102. The molecule has 25 heavy (non-hydrogen) atoms. The molecule has 0 radical (unpaired) electrons. The van der Waals surface area contributed by atoms with Crippen LogP contribution >= 0.6 is 22.9 Å². The predicted octanol–water partition coefficient (Wildman–Crippen LogP) is 4.13. The third-order valence-electron chi connectivity index (χ3n) is 3.33. The molecule has 1 N–H and O–H groups in total. The highest BCUT2D eigenvalue weighted by atomic mass is 35.5. The van der Waals surface area contributed by atoms with Crippen LogP contribution in [0, 0.1) is 0 Å². The van der Waals surface area contributed by atoms with Crippen molar-refractivity contribution in [2.45, 2.75) is 0 Å². The molecule has 3 aromatic rings. The average Bonchev–Trinajstić information content (AvgIpc) is 3.11. The predicted molar refractivity (Wildman–Crippen MR) is 97.9 cm³/mol. The van der Waals surface area contributed by atoms with Crippen molar-refractivity contribution in [2.24, 2.45) is 0 Å². The minimum absolute atomic E-state index is 0.315. The van der Waals surface area contributed by atoms with Crippen LogP contribution in [0.25, 0.3) is 10.6 Å². The number of methoxy groups -OCH3 is 2. The van der Waals surface area contributed by atoms with Crippen molar-refractivity contribution in [3.8, 4) is 22.1 Å². The number of benzene rings is 1. The Morgan fingerprint density at radius 1 is 1.16 bits per heavy atom. The Labute approximate surface area is 153 Å². The van der Waals surface area contributed by atoms with Crippen molar-refractivity contribution in [1.82, 2.24) is 9.97 Å². The van der Waals surface area contributed by atoms with Crippen LogP contribution < -0.4 is 14.8 Å². The van der Waals surface area contributed by atoms with E-state index in [2.05, 4.69) is 15.3 Å². The van der Waals surface area contributed by atoms with Crippen LogP contribution in [0.5, 0.6) is 11.5 Å². The SMILES string of the molecule is COc1ccc(-c2nc(C(=O)Nc3cncc(Cl)c3)cs2)cc1OC. The van der Waals surface area contributed by atoms with Crippen LogP contribution in [0.1, 0.15) is 10.5 Å². The largest absolute Gasteiger partial charge is 0.493 e. The van der Waals surface area contributed by atoms with Crippen LogP contribution in [0.15, 0.2) is 42.0 Å². The zero-order valence-corrected chi connectivity index (χ0v) is 15.0. The summed E-state index contributed by atoms with van der Waals surface area (Å²) in [4.78, 5) is 20.6. The molecule has 3 rings (SSSR count). The topological polar surface area (TPSA) is 73.3 Å². The number of thiazole rings is 1. The number of hydrogen-bond donors (Lipinski definition) is 1. The quantitative estimate of drug-likeness (QED) is 0.725. The molecule has 0 aliphatic carbocycles. The third-order valence-corrected chi connectivity index (χ3v) is 4.43. The van der Waals surface area contributed by atoms with E-state index in [1.54, 1.807) is 31.7 Å². The molecule has 0 saturated heterocycles. The number of halogens is 1. The van der Waals surface area contributed by atoms with Gasteiger partial charge in [0.05, 0.1) is 31.1 Å². The highest BCUT2D eigenvalue weighted by molar-refractivity contribution is 7.13. The molecule has 0 unspecified atom stereocenters. The smallest absolute Gasteiger partial charge is 0.275 e. The maximum Gasteiger partial charge on any atom is 0.275 e. The Kier molecular flexibility index (Phi) is 5.16. The zero-order valence-electron chi connectivity index (χ0n) is 13.4. The molecule has 128 valence electrons. The molecule has 0 bridgehead atoms. The van der Waals surface area contributed by atoms with E-state index in [0.29, 0.717) is 32.9 Å². The second kappa shape index (κ2) is 7.50. The number of nitrogens with one attached hydrogen (secondary N) is 1. The Bertz CT molecular complexity index is 914. The Balaban J connectivity index is 1.81. The molecule has 1 aromatic carbocycles. The number of aromatic nitrogens is 2. The van der Waals surface area contributed by atoms with Gasteiger partial charge >= 0.3 is 0 Å². The molecule has 0 aliphatic rings. The van der Waals surface area contributed by atoms with Crippen LogP contribution in [0.3, 0.4) is 0 Å². The van der Waals surface area contributed by atoms with Crippen LogP contribution in [-0.2, 0) is 0 Å². The van der Waals surface area contributed by atoms with Gasteiger partial charge in [0, 0.05) is 17.1 Å². The monoisotopic (exact) mass is 375 g/mol. The molecule has 0 saturated carbocycles. The summed E-state index contributed by atoms with van der Waals surface area (Å²) in [5, 5.41) is 5.56. The number of carbonyl (C=O) groups is 1. The van der Waals surface area contributed by atoms with E-state index < -0.39 is 0 Å². The summed E-state index contributed by atoms with van der Waals surface area (Å²) in [5.41, 5.74) is 1.67. The van der Waals surface area contributed by atoms with Gasteiger partial charge in [-0.25, -0.2) is 4.98 Å². The molecule has 6 nitrogen and oxygen atoms in total. The summed E-state index contributed by atoms with van der Waals surface area (Å²) >= 11 is 7.23. The van der Waals surface area contributed by atoms with Crippen LogP contribution in [0.4, 0.5) is 5.69 Å². The lowest BCUT2D eigenvalue weighted by Crippen LogP contribution is -2.12. The fraction of sp³-hybridized carbons (Fsp3) is 0.118. The van der Waals surface area contributed by atoms with Crippen molar-refractivity contribution < 1.29 is 14.3 Å². The first-order valence-corrected chi connectivity index (χ1v) is 8.46. The molecule has 0 atom stereocenters. The molecule has 0 spiro atoms. The van der Waals surface area contributed by atoms with E-state index >= 15 is 0 Å². The summed E-state index contributed by atoms with van der Waals surface area (Å²) in [5.74, 6) is 0.910. The number of anilines is 1. The van der Waals surface area contributed by atoms with Gasteiger partial charge in [-0.2, -0.15) is 0 Å². The van der Waals surface area contributed by atoms with Gasteiger partial charge in [-0.15, -0.1) is 11.3 Å². The minimum Gasteiger partial charge on any atom is -0.493 e. The summed E-state index contributed by atoms with van der Waals surface area (Å²) in [6.07, 6.45) is 3.01. The van der Waals surface area contributed by atoms with Gasteiger partial charge < -0.3 is 14.8 Å². The zero-order chi connectivity index (χ0) is 17.8. The van der Waals surface area contributed by atoms with E-state index in [0.717, 1.165) is 5.56 Å². The van der Waals surface area contributed by atoms with Crippen molar-refractivity contribution in [2.75, 3.05) is 19.5 Å². The number of nitrogens with zero attached hydrogens (tertiary/aromatic N) is 2. The lowest BCUT2D eigenvalue weighted by atomic mass is 10.2. The second-order valence-electron chi connectivity index (χ2n) is 4.95. The highest BCUT2D eigenvalue weighted by Crippen LogP contribution is 2.33. The fourth-order valence-electron chi connectivity index (χ4n) is 2.16. The number of pyridine rings is 1. The number of carbonyl (C=O) groups excluding carboxylic acids is 1. The van der Waals surface area contributed by atoms with Crippen molar-refractivity contribution in [3.05, 3.63) is 52.8 Å². The summed E-state index contributed by atoms with van der Waals surface area (Å²) in [6, 6.07) is 7.10. The highest BCUT2D eigenvalue weighted by Gasteiger charge is 2.14. The molecule has 8 heteroatoms. The number of rotatable bonds is 5. The van der Waals surface area contributed by atoms with Crippen molar-refractivity contribution >= 4 is 34.5 Å². The van der Waals surface area contributed by atoms with Crippen LogP contribution in [-0.4, -0.2) is 30.1 Å². The van der Waals surface area contributed by atoms with Gasteiger partial charge in [0.1, 0.15) is 10.7 Å². The Hall–Kier alpha value is -2.64. The minimum atomic E-state index is -0.327. The van der Waals surface area contributed by atoms with E-state index in [9.17, 15) is 4.79 Å². The molecular formula is C17H14ClN3O3S. The summed E-state index contributed by atoms with van der Waals surface area (Å²) in [7, 11) is 3.15. The standard InChI is InChI=1S/C17H14ClN3O3S/c1-23-14-4-3-10(5-15(14)24-2)17-21-13(9-25-17)16(22)20-12-6-11(18)7-19-8-12/h3-9H,1-2H3,(H,20,22). The lowest BCUT2D eigenvalue weighted by Gasteiger charge is -2.08. The van der Waals surface area contributed by atoms with Gasteiger partial charge in [0.15, 0.2) is 11.5 Å². The maximum atomic E-state index is 12.3. The van der Waals surface area contributed by atoms with E-state index in [4.69, 9.17) is 21.1 Å². The molecule has 1 amide bonds. The first-order valence-electron chi connectivity index (χ1n) is 7.20. The fourth-order valence-corrected chi connectivity index (χ4v) is 3.13. The number of amides is 1. The molecular weight excluding hydrogens is 362 g/mol. The molecule has 2 aromatic heterocycles. The van der Waals surface area contributed by atoms with Gasteiger partial charge in [0.2, 0.25) is 0 Å². The summed E-state index contributed by atoms with van der Waals surface area (Å²) < 4.78 is 10.5. The van der Waals surface area contributed by atoms with Crippen molar-refractivity contribution in [1.29, 1.82) is 0 Å². The normalized spacial score (nSPS) is 10.4. The van der Waals surface area contributed by atoms with Gasteiger partial charge in [-0.1, -0.05) is 11.6 Å². The summed E-state index contributed by atoms with van der Waals surface area (Å²) in [6.45, 7) is 0. The molecule has 0 fully saturated rings. The first-order chi connectivity index (χ1) is 12.1. The van der Waals surface area contributed by atoms with Gasteiger partial charge in [-0.05, 0) is 24.3 Å². The molecule has 2 heterocycles. The number of ether oxygens (including phenoxy) is 2. The maximum absolute atomic E-state index is 12.3. The van der Waals surface area contributed by atoms with E-state index in [1.807, 2.05) is 12.1 Å². The van der Waals surface area contributed by atoms with Gasteiger partial charge in [-0.3, -0.25) is 9.78 Å².